The first kappa shape index (κ1) is 12.3. The number of hydrogen-bond donors (Lipinski definition) is 2. The number of aromatic nitrogens is 3. The van der Waals surface area contributed by atoms with Gasteiger partial charge in [0.15, 0.2) is 5.69 Å². The predicted octanol–water partition coefficient (Wildman–Crippen LogP) is 0.886. The second-order valence-electron chi connectivity index (χ2n) is 4.60. The molecule has 1 aliphatic rings. The number of rotatable bonds is 4. The smallest absolute Gasteiger partial charge is 0.314 e. The van der Waals surface area contributed by atoms with Crippen molar-refractivity contribution in [3.05, 3.63) is 30.0 Å². The van der Waals surface area contributed by atoms with Crippen molar-refractivity contribution in [1.82, 2.24) is 15.4 Å². The molecule has 0 radical (unpaired) electrons. The van der Waals surface area contributed by atoms with Crippen molar-refractivity contribution >= 4 is 11.9 Å². The van der Waals surface area contributed by atoms with Crippen molar-refractivity contribution in [1.29, 1.82) is 0 Å². The summed E-state index contributed by atoms with van der Waals surface area (Å²) in [5.74, 6) is -0.337. The Labute approximate surface area is 114 Å². The van der Waals surface area contributed by atoms with Crippen molar-refractivity contribution in [2.75, 3.05) is 0 Å². The van der Waals surface area contributed by atoms with Gasteiger partial charge < -0.3 is 10.5 Å². The molecule has 1 heterocycles. The first-order valence-electron chi connectivity index (χ1n) is 6.18. The number of nitrogens with two attached hydrogens (primary N) is 1. The summed E-state index contributed by atoms with van der Waals surface area (Å²) in [6, 6.07) is 6.68. The second kappa shape index (κ2) is 4.76. The van der Waals surface area contributed by atoms with Crippen LogP contribution in [0.15, 0.2) is 24.3 Å². The maximum Gasteiger partial charge on any atom is 0.314 e. The molecule has 1 fully saturated rings. The molecule has 0 atom stereocenters. The average Bonchev–Trinajstić information content (AvgIpc) is 3.17. The lowest BCUT2D eigenvalue weighted by atomic mass is 10.1. The molecule has 1 saturated carbocycles. The third kappa shape index (κ3) is 2.37. The zero-order valence-electron chi connectivity index (χ0n) is 10.5. The molecule has 0 unspecified atom stereocenters. The van der Waals surface area contributed by atoms with Crippen LogP contribution in [0.5, 0.6) is 5.75 Å². The van der Waals surface area contributed by atoms with Crippen molar-refractivity contribution in [2.45, 2.75) is 12.8 Å². The zero-order chi connectivity index (χ0) is 14.1. The maximum atomic E-state index is 11.5. The lowest BCUT2D eigenvalue weighted by Crippen LogP contribution is -2.12. The van der Waals surface area contributed by atoms with E-state index in [2.05, 4.69) is 15.4 Å². The number of amides is 1. The number of nitrogens with one attached hydrogen (secondary N) is 1. The van der Waals surface area contributed by atoms with Gasteiger partial charge in [-0.05, 0) is 37.1 Å². The van der Waals surface area contributed by atoms with Gasteiger partial charge in [0.2, 0.25) is 0 Å². The first-order chi connectivity index (χ1) is 9.65. The van der Waals surface area contributed by atoms with Crippen LogP contribution < -0.4 is 10.5 Å². The highest BCUT2D eigenvalue weighted by Gasteiger charge is 2.31. The number of benzene rings is 1. The number of primary amides is 1. The molecule has 0 saturated heterocycles. The normalized spacial score (nSPS) is 14.0. The molecule has 1 amide bonds. The van der Waals surface area contributed by atoms with Gasteiger partial charge in [-0.1, -0.05) is 0 Å². The maximum absolute atomic E-state index is 11.5. The van der Waals surface area contributed by atoms with Crippen LogP contribution in [0, 0.1) is 5.92 Å². The quantitative estimate of drug-likeness (QED) is 0.634. The third-order valence-corrected chi connectivity index (χ3v) is 3.04. The van der Waals surface area contributed by atoms with E-state index in [0.29, 0.717) is 17.0 Å². The monoisotopic (exact) mass is 272 g/mol. The van der Waals surface area contributed by atoms with Crippen LogP contribution in [-0.4, -0.2) is 27.3 Å². The van der Waals surface area contributed by atoms with E-state index in [0.717, 1.165) is 12.8 Å². The summed E-state index contributed by atoms with van der Waals surface area (Å²) >= 11 is 0. The molecule has 1 aromatic heterocycles. The van der Waals surface area contributed by atoms with E-state index in [1.54, 1.807) is 24.3 Å². The van der Waals surface area contributed by atoms with Gasteiger partial charge in [0.25, 0.3) is 5.91 Å². The van der Waals surface area contributed by atoms with Gasteiger partial charge in [0, 0.05) is 5.56 Å². The topological polar surface area (TPSA) is 111 Å². The van der Waals surface area contributed by atoms with Crippen molar-refractivity contribution in [3.63, 3.8) is 0 Å². The number of hydrogen-bond acceptors (Lipinski definition) is 5. The van der Waals surface area contributed by atoms with E-state index in [4.69, 9.17) is 10.5 Å². The summed E-state index contributed by atoms with van der Waals surface area (Å²) in [4.78, 5) is 22.7. The summed E-state index contributed by atoms with van der Waals surface area (Å²) < 4.78 is 5.21. The van der Waals surface area contributed by atoms with Crippen LogP contribution in [0.25, 0.3) is 11.3 Å². The highest BCUT2D eigenvalue weighted by atomic mass is 16.5. The highest BCUT2D eigenvalue weighted by molar-refractivity contribution is 5.96. The number of esters is 1. The molecule has 102 valence electrons. The van der Waals surface area contributed by atoms with Gasteiger partial charge >= 0.3 is 5.97 Å². The molecule has 20 heavy (non-hydrogen) atoms. The largest absolute Gasteiger partial charge is 0.426 e. The minimum atomic E-state index is -0.655. The van der Waals surface area contributed by atoms with Crippen LogP contribution in [0.3, 0.4) is 0 Å². The van der Waals surface area contributed by atoms with Crippen molar-refractivity contribution < 1.29 is 14.3 Å². The zero-order valence-corrected chi connectivity index (χ0v) is 10.5. The van der Waals surface area contributed by atoms with E-state index in [1.165, 1.54) is 0 Å². The molecule has 1 aliphatic carbocycles. The first-order valence-corrected chi connectivity index (χ1v) is 6.18. The molecular weight excluding hydrogens is 260 g/mol. The van der Waals surface area contributed by atoms with Gasteiger partial charge in [-0.15, -0.1) is 0 Å². The lowest BCUT2D eigenvalue weighted by Gasteiger charge is -2.04. The minimum Gasteiger partial charge on any atom is -0.426 e. The Morgan fingerprint density at radius 1 is 1.20 bits per heavy atom. The van der Waals surface area contributed by atoms with Gasteiger partial charge in [-0.25, -0.2) is 0 Å². The minimum absolute atomic E-state index is 0.0479. The fourth-order valence-electron chi connectivity index (χ4n) is 1.80. The fraction of sp³-hybridized carbons (Fsp3) is 0.231. The number of H-pyrrole nitrogens is 1. The second-order valence-corrected chi connectivity index (χ2v) is 4.60. The van der Waals surface area contributed by atoms with Crippen LogP contribution in [0.4, 0.5) is 0 Å². The van der Waals surface area contributed by atoms with E-state index < -0.39 is 5.91 Å². The molecule has 0 aliphatic heterocycles. The Morgan fingerprint density at radius 3 is 2.50 bits per heavy atom. The molecule has 3 rings (SSSR count). The number of ether oxygens (including phenoxy) is 1. The number of carbonyl (C=O) groups is 2. The van der Waals surface area contributed by atoms with Gasteiger partial charge in [0.1, 0.15) is 11.4 Å². The van der Waals surface area contributed by atoms with Crippen LogP contribution in [0.1, 0.15) is 23.3 Å². The Balaban J connectivity index is 1.80. The third-order valence-electron chi connectivity index (χ3n) is 3.04. The van der Waals surface area contributed by atoms with Crippen LogP contribution in [0.2, 0.25) is 0 Å². The molecule has 7 nitrogen and oxygen atoms in total. The van der Waals surface area contributed by atoms with Gasteiger partial charge in [-0.2, -0.15) is 15.4 Å². The fourth-order valence-corrected chi connectivity index (χ4v) is 1.80. The van der Waals surface area contributed by atoms with Crippen LogP contribution in [-0.2, 0) is 4.79 Å². The molecule has 7 heteroatoms. The molecule has 1 aromatic carbocycles. The average molecular weight is 272 g/mol. The summed E-state index contributed by atoms with van der Waals surface area (Å²) in [6.07, 6.45) is 1.80. The molecular formula is C13H12N4O3. The summed E-state index contributed by atoms with van der Waals surface area (Å²) in [5, 5.41) is 9.95. The summed E-state index contributed by atoms with van der Waals surface area (Å²) in [5.41, 5.74) is 6.32. The standard InChI is InChI=1S/C13H12N4O3/c14-12(18)11-10(15-17-16-11)7-3-5-9(6-4-7)20-13(19)8-1-2-8/h3-6,8H,1-2H2,(H2,14,18)(H,15,16,17). The number of carbonyl (C=O) groups excluding carboxylic acids is 2. The Bertz CT molecular complexity index is 659. The van der Waals surface area contributed by atoms with Crippen molar-refractivity contribution in [3.8, 4) is 17.0 Å². The molecule has 2 aromatic rings. The SMILES string of the molecule is NC(=O)c1n[nH]nc1-c1ccc(OC(=O)C2CC2)cc1. The van der Waals surface area contributed by atoms with E-state index in [-0.39, 0.29) is 17.6 Å². The Kier molecular flexibility index (Phi) is 2.94. The van der Waals surface area contributed by atoms with Gasteiger partial charge in [-0.3, -0.25) is 9.59 Å². The van der Waals surface area contributed by atoms with E-state index in [9.17, 15) is 9.59 Å². The number of nitrogens with zero attached hydrogens (tertiary/aromatic N) is 2. The molecule has 3 N–H and O–H groups in total. The van der Waals surface area contributed by atoms with E-state index >= 15 is 0 Å². The molecule has 0 bridgehead atoms. The molecule has 0 spiro atoms. The van der Waals surface area contributed by atoms with Crippen LogP contribution >= 0.6 is 0 Å². The van der Waals surface area contributed by atoms with Crippen molar-refractivity contribution in [2.24, 2.45) is 11.7 Å². The number of aromatic amines is 1. The highest BCUT2D eigenvalue weighted by Crippen LogP contribution is 2.31. The summed E-state index contributed by atoms with van der Waals surface area (Å²) in [6.45, 7) is 0. The summed E-state index contributed by atoms with van der Waals surface area (Å²) in [7, 11) is 0. The van der Waals surface area contributed by atoms with E-state index in [1.807, 2.05) is 0 Å². The Morgan fingerprint density at radius 2 is 1.90 bits per heavy atom. The lowest BCUT2D eigenvalue weighted by molar-refractivity contribution is -0.135. The van der Waals surface area contributed by atoms with Gasteiger partial charge in [0.05, 0.1) is 5.92 Å². The Hall–Kier alpha value is -2.70. The predicted molar refractivity (Wildman–Crippen MR) is 68.7 cm³/mol.